The average molecular weight is 213 g/mol. The van der Waals surface area contributed by atoms with Crippen LogP contribution in [0.1, 0.15) is 16.8 Å². The van der Waals surface area contributed by atoms with Crippen molar-refractivity contribution in [3.8, 4) is 0 Å². The van der Waals surface area contributed by atoms with Crippen molar-refractivity contribution in [1.82, 2.24) is 5.06 Å². The fourth-order valence-corrected chi connectivity index (χ4v) is 1.43. The average Bonchev–Trinajstić information content (AvgIpc) is 2.69. The van der Waals surface area contributed by atoms with Crippen LogP contribution in [0, 0.1) is 11.6 Å². The fraction of sp³-hybridized carbons (Fsp3) is 0.300. The van der Waals surface area contributed by atoms with E-state index in [0.717, 1.165) is 17.2 Å². The third kappa shape index (κ3) is 1.83. The van der Waals surface area contributed by atoms with E-state index in [1.807, 2.05) is 0 Å². The molecule has 3 nitrogen and oxygen atoms in total. The van der Waals surface area contributed by atoms with Crippen LogP contribution >= 0.6 is 0 Å². The highest BCUT2D eigenvalue weighted by atomic mass is 19.1. The van der Waals surface area contributed by atoms with E-state index in [2.05, 4.69) is 0 Å². The molecule has 0 spiro atoms. The van der Waals surface area contributed by atoms with E-state index in [1.165, 1.54) is 6.07 Å². The van der Waals surface area contributed by atoms with Crippen LogP contribution in [0.25, 0.3) is 0 Å². The quantitative estimate of drug-likeness (QED) is 0.711. The summed E-state index contributed by atoms with van der Waals surface area (Å²) < 4.78 is 26.4. The Labute approximate surface area is 85.2 Å². The fourth-order valence-electron chi connectivity index (χ4n) is 1.43. The number of hydrogen-bond acceptors (Lipinski definition) is 2. The van der Waals surface area contributed by atoms with Gasteiger partial charge in [-0.05, 0) is 18.6 Å². The number of benzene rings is 1. The summed E-state index contributed by atoms with van der Waals surface area (Å²) in [6.45, 7) is 0.772. The maximum absolute atomic E-state index is 13.2. The molecule has 0 N–H and O–H groups in total. The number of hydroxylamine groups is 2. The monoisotopic (exact) mass is 213 g/mol. The summed E-state index contributed by atoms with van der Waals surface area (Å²) in [5.41, 5.74) is -0.556. The summed E-state index contributed by atoms with van der Waals surface area (Å²) in [5, 5.41) is 0.988. The second-order valence-corrected chi connectivity index (χ2v) is 3.19. The molecule has 1 fully saturated rings. The molecule has 0 radical (unpaired) electrons. The van der Waals surface area contributed by atoms with E-state index >= 15 is 0 Å². The number of carbonyl (C=O) groups is 1. The van der Waals surface area contributed by atoms with Crippen molar-refractivity contribution in [3.63, 3.8) is 0 Å². The lowest BCUT2D eigenvalue weighted by atomic mass is 10.2. The third-order valence-corrected chi connectivity index (χ3v) is 2.16. The number of hydrogen-bond donors (Lipinski definition) is 0. The van der Waals surface area contributed by atoms with Gasteiger partial charge in [0.2, 0.25) is 0 Å². The van der Waals surface area contributed by atoms with Gasteiger partial charge in [0.05, 0.1) is 13.2 Å². The highest BCUT2D eigenvalue weighted by molar-refractivity contribution is 5.94. The largest absolute Gasteiger partial charge is 0.283 e. The standard InChI is InChI=1S/C10H9F2NO2/c11-7-3-1-4-8(12)9(7)10(14)13-5-2-6-15-13/h1,3-4H,2,5-6H2. The van der Waals surface area contributed by atoms with Gasteiger partial charge in [-0.1, -0.05) is 6.07 Å². The molecule has 1 amide bonds. The minimum atomic E-state index is -0.865. The first-order valence-electron chi connectivity index (χ1n) is 4.59. The minimum Gasteiger partial charge on any atom is -0.271 e. The molecule has 0 aliphatic carbocycles. The second-order valence-electron chi connectivity index (χ2n) is 3.19. The van der Waals surface area contributed by atoms with Crippen LogP contribution < -0.4 is 0 Å². The van der Waals surface area contributed by atoms with Crippen LogP contribution in [0.2, 0.25) is 0 Å². The summed E-state index contributed by atoms with van der Waals surface area (Å²) in [7, 11) is 0. The Balaban J connectivity index is 2.32. The summed E-state index contributed by atoms with van der Waals surface area (Å²) in [4.78, 5) is 16.5. The molecule has 1 heterocycles. The Bertz CT molecular complexity index is 369. The zero-order valence-corrected chi connectivity index (χ0v) is 7.87. The molecule has 80 valence electrons. The number of carbonyl (C=O) groups excluding carboxylic acids is 1. The van der Waals surface area contributed by atoms with E-state index < -0.39 is 23.1 Å². The Morgan fingerprint density at radius 1 is 1.33 bits per heavy atom. The molecule has 1 aromatic rings. The van der Waals surface area contributed by atoms with Crippen LogP contribution in [0.3, 0.4) is 0 Å². The molecule has 0 aromatic heterocycles. The van der Waals surface area contributed by atoms with Crippen molar-refractivity contribution >= 4 is 5.91 Å². The molecule has 0 bridgehead atoms. The van der Waals surface area contributed by atoms with Gasteiger partial charge in [-0.3, -0.25) is 9.63 Å². The SMILES string of the molecule is O=C(c1c(F)cccc1F)N1CCCO1. The van der Waals surface area contributed by atoms with Gasteiger partial charge in [-0.2, -0.15) is 0 Å². The van der Waals surface area contributed by atoms with Gasteiger partial charge in [0.1, 0.15) is 17.2 Å². The lowest BCUT2D eigenvalue weighted by Gasteiger charge is -2.14. The van der Waals surface area contributed by atoms with Gasteiger partial charge in [-0.15, -0.1) is 0 Å². The Hall–Kier alpha value is -1.49. The van der Waals surface area contributed by atoms with Gasteiger partial charge in [0.25, 0.3) is 5.91 Å². The highest BCUT2D eigenvalue weighted by Gasteiger charge is 2.26. The summed E-state index contributed by atoms with van der Waals surface area (Å²) >= 11 is 0. The Morgan fingerprint density at radius 2 is 2.00 bits per heavy atom. The van der Waals surface area contributed by atoms with Crippen molar-refractivity contribution < 1.29 is 18.4 Å². The third-order valence-electron chi connectivity index (χ3n) is 2.16. The van der Waals surface area contributed by atoms with Gasteiger partial charge >= 0.3 is 0 Å². The van der Waals surface area contributed by atoms with E-state index in [9.17, 15) is 13.6 Å². The van der Waals surface area contributed by atoms with Crippen molar-refractivity contribution in [2.75, 3.05) is 13.2 Å². The molecule has 1 aromatic carbocycles. The van der Waals surface area contributed by atoms with Crippen molar-refractivity contribution in [1.29, 1.82) is 0 Å². The topological polar surface area (TPSA) is 29.5 Å². The molecule has 5 heteroatoms. The molecular weight excluding hydrogens is 204 g/mol. The first-order chi connectivity index (χ1) is 7.20. The molecule has 0 saturated carbocycles. The second kappa shape index (κ2) is 3.94. The van der Waals surface area contributed by atoms with Gasteiger partial charge in [-0.25, -0.2) is 13.8 Å². The van der Waals surface area contributed by atoms with Crippen LogP contribution in [0.5, 0.6) is 0 Å². The predicted octanol–water partition coefficient (Wildman–Crippen LogP) is 1.74. The maximum Gasteiger partial charge on any atom is 0.283 e. The molecule has 0 atom stereocenters. The molecule has 0 unspecified atom stereocenters. The molecular formula is C10H9F2NO2. The van der Waals surface area contributed by atoms with Crippen LogP contribution in [-0.2, 0) is 4.84 Å². The van der Waals surface area contributed by atoms with E-state index in [4.69, 9.17) is 4.84 Å². The number of rotatable bonds is 1. The summed E-state index contributed by atoms with van der Waals surface area (Å²) in [6.07, 6.45) is 0.682. The van der Waals surface area contributed by atoms with E-state index in [-0.39, 0.29) is 0 Å². The van der Waals surface area contributed by atoms with Crippen LogP contribution in [0.15, 0.2) is 18.2 Å². The van der Waals surface area contributed by atoms with Crippen LogP contribution in [0.4, 0.5) is 8.78 Å². The normalized spacial score (nSPS) is 15.7. The lowest BCUT2D eigenvalue weighted by Crippen LogP contribution is -2.28. The lowest BCUT2D eigenvalue weighted by molar-refractivity contribution is -0.0773. The van der Waals surface area contributed by atoms with Crippen LogP contribution in [-0.4, -0.2) is 24.1 Å². The Kier molecular flexibility index (Phi) is 2.64. The van der Waals surface area contributed by atoms with Crippen molar-refractivity contribution in [2.24, 2.45) is 0 Å². The molecule has 1 aliphatic heterocycles. The van der Waals surface area contributed by atoms with Crippen molar-refractivity contribution in [2.45, 2.75) is 6.42 Å². The smallest absolute Gasteiger partial charge is 0.271 e. The zero-order chi connectivity index (χ0) is 10.8. The Morgan fingerprint density at radius 3 is 2.53 bits per heavy atom. The molecule has 2 rings (SSSR count). The summed E-state index contributed by atoms with van der Waals surface area (Å²) in [6, 6.07) is 3.31. The zero-order valence-electron chi connectivity index (χ0n) is 7.87. The van der Waals surface area contributed by atoms with Crippen molar-refractivity contribution in [3.05, 3.63) is 35.4 Å². The number of nitrogens with zero attached hydrogens (tertiary/aromatic N) is 1. The number of halogens is 2. The molecule has 1 aliphatic rings. The maximum atomic E-state index is 13.2. The van der Waals surface area contributed by atoms with Gasteiger partial charge in [0.15, 0.2) is 0 Å². The molecule has 15 heavy (non-hydrogen) atoms. The summed E-state index contributed by atoms with van der Waals surface area (Å²) in [5.74, 6) is -2.49. The van der Waals surface area contributed by atoms with E-state index in [0.29, 0.717) is 19.6 Å². The van der Waals surface area contributed by atoms with Gasteiger partial charge < -0.3 is 0 Å². The van der Waals surface area contributed by atoms with Gasteiger partial charge in [0, 0.05) is 0 Å². The first-order valence-corrected chi connectivity index (χ1v) is 4.59. The molecule has 1 saturated heterocycles. The number of amides is 1. The van der Waals surface area contributed by atoms with E-state index in [1.54, 1.807) is 0 Å². The first kappa shape index (κ1) is 10.0. The predicted molar refractivity (Wildman–Crippen MR) is 48.0 cm³/mol. The minimum absolute atomic E-state index is 0.368. The highest BCUT2D eigenvalue weighted by Crippen LogP contribution is 2.17.